The molecular formula is C14H14BrNOS2. The van der Waals surface area contributed by atoms with Crippen LogP contribution in [0.1, 0.15) is 25.3 Å². The molecule has 0 N–H and O–H groups in total. The van der Waals surface area contributed by atoms with Crippen LogP contribution in [0.15, 0.2) is 33.6 Å². The molecule has 0 aliphatic carbocycles. The third kappa shape index (κ3) is 3.68. The van der Waals surface area contributed by atoms with E-state index in [0.717, 1.165) is 29.4 Å². The number of rotatable bonds is 4. The van der Waals surface area contributed by atoms with E-state index in [4.69, 9.17) is 12.2 Å². The zero-order valence-corrected chi connectivity index (χ0v) is 13.8. The predicted octanol–water partition coefficient (Wildman–Crippen LogP) is 4.45. The summed E-state index contributed by atoms with van der Waals surface area (Å²) in [5.74, 6) is 0.0337. The first kappa shape index (κ1) is 14.8. The number of carbonyl (C=O) groups excluding carboxylic acids is 1. The van der Waals surface area contributed by atoms with Gasteiger partial charge in [0.25, 0.3) is 5.91 Å². The average molecular weight is 356 g/mol. The first-order valence-corrected chi connectivity index (χ1v) is 8.14. The average Bonchev–Trinajstić information content (AvgIpc) is 2.65. The zero-order valence-electron chi connectivity index (χ0n) is 10.6. The minimum absolute atomic E-state index is 0.0337. The molecule has 1 aliphatic heterocycles. The first-order chi connectivity index (χ1) is 9.11. The topological polar surface area (TPSA) is 20.3 Å². The van der Waals surface area contributed by atoms with Gasteiger partial charge >= 0.3 is 0 Å². The number of nitrogens with zero attached hydrogens (tertiary/aromatic N) is 1. The molecule has 1 fully saturated rings. The molecule has 5 heteroatoms. The minimum Gasteiger partial charge on any atom is -0.293 e. The Balaban J connectivity index is 2.16. The number of halogens is 1. The Morgan fingerprint density at radius 3 is 2.68 bits per heavy atom. The smallest absolute Gasteiger partial charge is 0.266 e. The van der Waals surface area contributed by atoms with Crippen LogP contribution >= 0.6 is 39.9 Å². The molecule has 2 nitrogen and oxygen atoms in total. The molecule has 1 saturated heterocycles. The van der Waals surface area contributed by atoms with Crippen LogP contribution in [0.3, 0.4) is 0 Å². The van der Waals surface area contributed by atoms with Crippen molar-refractivity contribution in [3.8, 4) is 0 Å². The van der Waals surface area contributed by atoms with Crippen LogP contribution in [0.5, 0.6) is 0 Å². The van der Waals surface area contributed by atoms with Crippen molar-refractivity contribution in [3.05, 3.63) is 39.2 Å². The molecule has 19 heavy (non-hydrogen) atoms. The van der Waals surface area contributed by atoms with Crippen molar-refractivity contribution >= 4 is 56.2 Å². The van der Waals surface area contributed by atoms with Gasteiger partial charge in [-0.15, -0.1) is 0 Å². The Hall–Kier alpha value is -0.650. The highest BCUT2D eigenvalue weighted by Gasteiger charge is 2.31. The lowest BCUT2D eigenvalue weighted by molar-refractivity contribution is -0.122. The normalized spacial score (nSPS) is 17.6. The maximum absolute atomic E-state index is 12.2. The lowest BCUT2D eigenvalue weighted by Crippen LogP contribution is -2.28. The molecule has 0 bridgehead atoms. The molecular weight excluding hydrogens is 342 g/mol. The van der Waals surface area contributed by atoms with Crippen molar-refractivity contribution in [2.75, 3.05) is 6.54 Å². The Bertz CT molecular complexity index is 525. The number of unbranched alkanes of at least 4 members (excludes halogenated alkanes) is 1. The molecule has 100 valence electrons. The number of amides is 1. The molecule has 0 spiro atoms. The van der Waals surface area contributed by atoms with E-state index in [1.165, 1.54) is 11.8 Å². The molecule has 1 aliphatic rings. The Morgan fingerprint density at radius 2 is 2.05 bits per heavy atom. The second-order valence-corrected chi connectivity index (χ2v) is 6.83. The molecule has 0 atom stereocenters. The highest BCUT2D eigenvalue weighted by Crippen LogP contribution is 2.32. The van der Waals surface area contributed by atoms with Crippen LogP contribution in [-0.2, 0) is 4.79 Å². The summed E-state index contributed by atoms with van der Waals surface area (Å²) in [6, 6.07) is 7.87. The molecule has 0 unspecified atom stereocenters. The number of thiocarbonyl (C=S) groups is 1. The third-order valence-electron chi connectivity index (χ3n) is 2.78. The SMILES string of the molecule is CCCCN1C(=O)/C(=C/c2ccc(Br)cc2)SC1=S. The fourth-order valence-corrected chi connectivity index (χ4v) is 3.29. The van der Waals surface area contributed by atoms with Gasteiger partial charge in [-0.1, -0.05) is 65.4 Å². The van der Waals surface area contributed by atoms with Crippen molar-refractivity contribution in [3.63, 3.8) is 0 Å². The highest BCUT2D eigenvalue weighted by atomic mass is 79.9. The van der Waals surface area contributed by atoms with Gasteiger partial charge in [0.05, 0.1) is 4.91 Å². The summed E-state index contributed by atoms with van der Waals surface area (Å²) in [7, 11) is 0. The van der Waals surface area contributed by atoms with Crippen molar-refractivity contribution in [1.82, 2.24) is 4.90 Å². The molecule has 0 saturated carbocycles. The molecule has 2 rings (SSSR count). The van der Waals surface area contributed by atoms with Crippen LogP contribution in [-0.4, -0.2) is 21.7 Å². The monoisotopic (exact) mass is 355 g/mol. The first-order valence-electron chi connectivity index (χ1n) is 6.12. The van der Waals surface area contributed by atoms with Gasteiger partial charge in [0.15, 0.2) is 0 Å². The van der Waals surface area contributed by atoms with E-state index in [1.807, 2.05) is 30.3 Å². The van der Waals surface area contributed by atoms with Crippen LogP contribution in [0, 0.1) is 0 Å². The van der Waals surface area contributed by atoms with E-state index in [0.29, 0.717) is 9.23 Å². The van der Waals surface area contributed by atoms with E-state index in [2.05, 4.69) is 22.9 Å². The van der Waals surface area contributed by atoms with Crippen molar-refractivity contribution in [2.24, 2.45) is 0 Å². The second-order valence-electron chi connectivity index (χ2n) is 4.24. The summed E-state index contributed by atoms with van der Waals surface area (Å²) in [6.45, 7) is 2.83. The van der Waals surface area contributed by atoms with E-state index >= 15 is 0 Å². The van der Waals surface area contributed by atoms with E-state index in [1.54, 1.807) is 4.90 Å². The lowest BCUT2D eigenvalue weighted by atomic mass is 10.2. The standard InChI is InChI=1S/C14H14BrNOS2/c1-2-3-8-16-13(17)12(19-14(16)18)9-10-4-6-11(15)7-5-10/h4-7,9H,2-3,8H2,1H3/b12-9-. The van der Waals surface area contributed by atoms with Gasteiger partial charge in [0, 0.05) is 11.0 Å². The molecule has 1 aromatic carbocycles. The third-order valence-corrected chi connectivity index (χ3v) is 4.68. The molecule has 1 heterocycles. The lowest BCUT2D eigenvalue weighted by Gasteiger charge is -2.12. The molecule has 1 amide bonds. The zero-order chi connectivity index (χ0) is 13.8. The minimum atomic E-state index is 0.0337. The van der Waals surface area contributed by atoms with Gasteiger partial charge in [0.2, 0.25) is 0 Å². The fraction of sp³-hybridized carbons (Fsp3) is 0.286. The van der Waals surface area contributed by atoms with Gasteiger partial charge in [-0.3, -0.25) is 9.69 Å². The summed E-state index contributed by atoms with van der Waals surface area (Å²) in [5.41, 5.74) is 1.01. The molecule has 0 aromatic heterocycles. The second kappa shape index (κ2) is 6.68. The van der Waals surface area contributed by atoms with Crippen molar-refractivity contribution in [1.29, 1.82) is 0 Å². The molecule has 1 aromatic rings. The van der Waals surface area contributed by atoms with Crippen LogP contribution in [0.4, 0.5) is 0 Å². The number of hydrogen-bond acceptors (Lipinski definition) is 3. The van der Waals surface area contributed by atoms with Crippen LogP contribution in [0.2, 0.25) is 0 Å². The summed E-state index contributed by atoms with van der Waals surface area (Å²) in [5, 5.41) is 0. The van der Waals surface area contributed by atoms with Gasteiger partial charge < -0.3 is 0 Å². The Morgan fingerprint density at radius 1 is 1.37 bits per heavy atom. The number of thioether (sulfide) groups is 1. The van der Waals surface area contributed by atoms with Crippen molar-refractivity contribution in [2.45, 2.75) is 19.8 Å². The molecule has 0 radical (unpaired) electrons. The fourth-order valence-electron chi connectivity index (χ4n) is 1.72. The maximum Gasteiger partial charge on any atom is 0.266 e. The summed E-state index contributed by atoms with van der Waals surface area (Å²) < 4.78 is 1.70. The van der Waals surface area contributed by atoms with E-state index in [9.17, 15) is 4.79 Å². The largest absolute Gasteiger partial charge is 0.293 e. The summed E-state index contributed by atoms with van der Waals surface area (Å²) in [4.78, 5) is 14.6. The van der Waals surface area contributed by atoms with Gasteiger partial charge in [-0.25, -0.2) is 0 Å². The van der Waals surface area contributed by atoms with Crippen molar-refractivity contribution < 1.29 is 4.79 Å². The van der Waals surface area contributed by atoms with Crippen LogP contribution < -0.4 is 0 Å². The Kier molecular flexibility index (Phi) is 5.19. The quantitative estimate of drug-likeness (QED) is 0.587. The van der Waals surface area contributed by atoms with E-state index in [-0.39, 0.29) is 5.91 Å². The van der Waals surface area contributed by atoms with Crippen LogP contribution in [0.25, 0.3) is 6.08 Å². The number of carbonyl (C=O) groups is 1. The van der Waals surface area contributed by atoms with Gasteiger partial charge in [0.1, 0.15) is 4.32 Å². The highest BCUT2D eigenvalue weighted by molar-refractivity contribution is 9.10. The summed E-state index contributed by atoms with van der Waals surface area (Å²) in [6.07, 6.45) is 3.94. The van der Waals surface area contributed by atoms with E-state index < -0.39 is 0 Å². The number of hydrogen-bond donors (Lipinski definition) is 0. The predicted molar refractivity (Wildman–Crippen MR) is 88.9 cm³/mol. The summed E-state index contributed by atoms with van der Waals surface area (Å²) >= 11 is 10.0. The number of benzene rings is 1. The van der Waals surface area contributed by atoms with Gasteiger partial charge in [-0.05, 0) is 30.2 Å². The van der Waals surface area contributed by atoms with Gasteiger partial charge in [-0.2, -0.15) is 0 Å². The maximum atomic E-state index is 12.2. The Labute approximate surface area is 131 Å².